The molecule has 4 rings (SSSR count). The molecule has 0 aliphatic carbocycles. The Kier molecular flexibility index (Phi) is 12.5. The van der Waals surface area contributed by atoms with Crippen LogP contribution < -0.4 is 10.9 Å². The molecule has 1 fully saturated rings. The Hall–Kier alpha value is -3.74. The van der Waals surface area contributed by atoms with Gasteiger partial charge in [0.1, 0.15) is 17.3 Å². The summed E-state index contributed by atoms with van der Waals surface area (Å²) < 4.78 is 1.74. The number of halogens is 1. The standard InChI is InChI=1S/C35H46ClN7O2/c1-5-41(6-2)17-10-9-16-38-35-39-23-28-21-30(29-13-7-8-14-31(29)36)34(45)43(32(28)40-35)19-15-26-12-11-18-42(24-26)33(44)27(22-37)20-25(3)4/h7-8,13-14,20-21,23,25-26H,5-6,9-12,15-19,24H2,1-4H3,(H,38,39,40)/b27-20-. The van der Waals surface area contributed by atoms with Gasteiger partial charge in [-0.3, -0.25) is 14.2 Å². The fourth-order valence-corrected chi connectivity index (χ4v) is 6.22. The van der Waals surface area contributed by atoms with E-state index in [1.54, 1.807) is 27.8 Å². The average molecular weight is 632 g/mol. The Bertz CT molecular complexity index is 1590. The molecule has 240 valence electrons. The molecule has 10 heteroatoms. The number of hydrogen-bond donors (Lipinski definition) is 1. The first-order chi connectivity index (χ1) is 21.7. The van der Waals surface area contributed by atoms with Crippen molar-refractivity contribution in [1.29, 1.82) is 5.26 Å². The lowest BCUT2D eigenvalue weighted by Crippen LogP contribution is -2.41. The Morgan fingerprint density at radius 3 is 2.71 bits per heavy atom. The fourth-order valence-electron chi connectivity index (χ4n) is 5.98. The second kappa shape index (κ2) is 16.5. The molecule has 0 bridgehead atoms. The van der Waals surface area contributed by atoms with E-state index in [1.165, 1.54) is 0 Å². The van der Waals surface area contributed by atoms with Crippen molar-refractivity contribution in [3.05, 3.63) is 63.6 Å². The van der Waals surface area contributed by atoms with Gasteiger partial charge in [0, 0.05) is 53.9 Å². The van der Waals surface area contributed by atoms with Crippen molar-refractivity contribution in [3.63, 3.8) is 0 Å². The number of nitriles is 1. The molecular weight excluding hydrogens is 586 g/mol. The van der Waals surface area contributed by atoms with E-state index in [9.17, 15) is 14.9 Å². The van der Waals surface area contributed by atoms with Gasteiger partial charge >= 0.3 is 0 Å². The first-order valence-corrected chi connectivity index (χ1v) is 16.7. The predicted octanol–water partition coefficient (Wildman–Crippen LogP) is 6.38. The van der Waals surface area contributed by atoms with Gasteiger partial charge in [-0.15, -0.1) is 0 Å². The predicted molar refractivity (Wildman–Crippen MR) is 182 cm³/mol. The van der Waals surface area contributed by atoms with Crippen LogP contribution in [0.1, 0.15) is 59.8 Å². The number of carbonyl (C=O) groups is 1. The quantitative estimate of drug-likeness (QED) is 0.125. The van der Waals surface area contributed by atoms with Crippen LogP contribution in [0.5, 0.6) is 0 Å². The summed E-state index contributed by atoms with van der Waals surface area (Å²) in [4.78, 5) is 40.8. The summed E-state index contributed by atoms with van der Waals surface area (Å²) in [6, 6.07) is 11.3. The van der Waals surface area contributed by atoms with Gasteiger partial charge in [-0.05, 0) is 75.7 Å². The number of carbonyl (C=O) groups excluding carboxylic acids is 1. The van der Waals surface area contributed by atoms with Crippen molar-refractivity contribution in [2.75, 3.05) is 44.6 Å². The summed E-state index contributed by atoms with van der Waals surface area (Å²) in [6.07, 6.45) is 8.07. The Balaban J connectivity index is 1.57. The third kappa shape index (κ3) is 8.93. The van der Waals surface area contributed by atoms with Crippen LogP contribution in [0.25, 0.3) is 22.2 Å². The number of benzene rings is 1. The van der Waals surface area contributed by atoms with Crippen molar-refractivity contribution in [2.45, 2.75) is 66.3 Å². The molecule has 0 saturated carbocycles. The number of allylic oxidation sites excluding steroid dienone is 1. The van der Waals surface area contributed by atoms with Crippen LogP contribution in [-0.4, -0.2) is 69.5 Å². The van der Waals surface area contributed by atoms with Gasteiger partial charge in [0.2, 0.25) is 5.95 Å². The molecule has 3 aromatic rings. The highest BCUT2D eigenvalue weighted by atomic mass is 35.5. The summed E-state index contributed by atoms with van der Waals surface area (Å²) in [6.45, 7) is 13.8. The Morgan fingerprint density at radius 1 is 1.22 bits per heavy atom. The fraction of sp³-hybridized carbons (Fsp3) is 0.514. The van der Waals surface area contributed by atoms with E-state index in [4.69, 9.17) is 16.6 Å². The van der Waals surface area contributed by atoms with Crippen molar-refractivity contribution in [3.8, 4) is 17.2 Å². The number of aromatic nitrogens is 3. The molecule has 1 amide bonds. The number of nitrogens with one attached hydrogen (secondary N) is 1. The minimum absolute atomic E-state index is 0.114. The van der Waals surface area contributed by atoms with Crippen LogP contribution in [0.15, 0.2) is 53.0 Å². The Morgan fingerprint density at radius 2 is 2.00 bits per heavy atom. The highest BCUT2D eigenvalue weighted by molar-refractivity contribution is 6.33. The molecule has 1 aliphatic heterocycles. The molecule has 2 aromatic heterocycles. The van der Waals surface area contributed by atoms with Gasteiger partial charge in [0.15, 0.2) is 0 Å². The zero-order chi connectivity index (χ0) is 32.3. The molecule has 1 aliphatic rings. The summed E-state index contributed by atoms with van der Waals surface area (Å²) in [5.41, 5.74) is 1.80. The number of anilines is 1. The number of amides is 1. The van der Waals surface area contributed by atoms with Crippen LogP contribution in [0, 0.1) is 23.2 Å². The van der Waals surface area contributed by atoms with Gasteiger partial charge in [0.25, 0.3) is 11.5 Å². The maximum absolute atomic E-state index is 14.1. The number of unbranched alkanes of at least 4 members (excludes halogenated alkanes) is 1. The minimum Gasteiger partial charge on any atom is -0.354 e. The lowest BCUT2D eigenvalue weighted by Gasteiger charge is -2.33. The van der Waals surface area contributed by atoms with Crippen LogP contribution >= 0.6 is 11.6 Å². The molecule has 1 aromatic carbocycles. The van der Waals surface area contributed by atoms with E-state index in [-0.39, 0.29) is 28.9 Å². The van der Waals surface area contributed by atoms with E-state index in [0.717, 1.165) is 57.2 Å². The van der Waals surface area contributed by atoms with Crippen LogP contribution in [0.3, 0.4) is 0 Å². The first kappa shape index (κ1) is 34.1. The van der Waals surface area contributed by atoms with Crippen molar-refractivity contribution in [2.24, 2.45) is 11.8 Å². The lowest BCUT2D eigenvalue weighted by atomic mass is 9.94. The summed E-state index contributed by atoms with van der Waals surface area (Å²) in [5, 5.41) is 14.2. The highest BCUT2D eigenvalue weighted by Gasteiger charge is 2.26. The third-order valence-electron chi connectivity index (χ3n) is 8.49. The number of piperidine rings is 1. The number of likely N-dealkylation sites (tertiary alicyclic amines) is 1. The number of hydrogen-bond acceptors (Lipinski definition) is 7. The lowest BCUT2D eigenvalue weighted by molar-refractivity contribution is -0.128. The molecule has 1 atom stereocenters. The molecule has 0 spiro atoms. The zero-order valence-electron chi connectivity index (χ0n) is 27.1. The van der Waals surface area contributed by atoms with Gasteiger partial charge in [0.05, 0.1) is 0 Å². The van der Waals surface area contributed by atoms with E-state index >= 15 is 0 Å². The van der Waals surface area contributed by atoms with E-state index in [2.05, 4.69) is 35.1 Å². The smallest absolute Gasteiger partial charge is 0.264 e. The normalized spacial score (nSPS) is 15.6. The van der Waals surface area contributed by atoms with Crippen molar-refractivity contribution >= 4 is 34.5 Å². The molecule has 1 unspecified atom stereocenters. The second-order valence-electron chi connectivity index (χ2n) is 12.1. The minimum atomic E-state index is -0.209. The molecule has 1 N–H and O–H groups in total. The number of pyridine rings is 1. The average Bonchev–Trinajstić information content (AvgIpc) is 3.04. The van der Waals surface area contributed by atoms with Crippen molar-refractivity contribution in [1.82, 2.24) is 24.3 Å². The van der Waals surface area contributed by atoms with E-state index in [0.29, 0.717) is 53.8 Å². The van der Waals surface area contributed by atoms with Crippen LogP contribution in [0.2, 0.25) is 5.02 Å². The number of nitrogens with zero attached hydrogens (tertiary/aromatic N) is 6. The number of fused-ring (bicyclic) bond motifs is 1. The monoisotopic (exact) mass is 631 g/mol. The summed E-state index contributed by atoms with van der Waals surface area (Å²) >= 11 is 6.54. The maximum Gasteiger partial charge on any atom is 0.264 e. The maximum atomic E-state index is 14.1. The highest BCUT2D eigenvalue weighted by Crippen LogP contribution is 2.28. The number of rotatable bonds is 14. The Labute approximate surface area is 271 Å². The molecule has 45 heavy (non-hydrogen) atoms. The number of aryl methyl sites for hydroxylation is 1. The molecule has 0 radical (unpaired) electrons. The topological polar surface area (TPSA) is 107 Å². The molecule has 3 heterocycles. The van der Waals surface area contributed by atoms with E-state index in [1.807, 2.05) is 38.1 Å². The van der Waals surface area contributed by atoms with Gasteiger partial charge in [-0.2, -0.15) is 10.2 Å². The van der Waals surface area contributed by atoms with Gasteiger partial charge < -0.3 is 15.1 Å². The van der Waals surface area contributed by atoms with Crippen LogP contribution in [0.4, 0.5) is 5.95 Å². The summed E-state index contributed by atoms with van der Waals surface area (Å²) in [7, 11) is 0. The third-order valence-corrected chi connectivity index (χ3v) is 8.82. The largest absolute Gasteiger partial charge is 0.354 e. The zero-order valence-corrected chi connectivity index (χ0v) is 27.8. The van der Waals surface area contributed by atoms with Crippen LogP contribution in [-0.2, 0) is 11.3 Å². The van der Waals surface area contributed by atoms with Crippen molar-refractivity contribution < 1.29 is 4.79 Å². The molecule has 9 nitrogen and oxygen atoms in total. The first-order valence-electron chi connectivity index (χ1n) is 16.3. The molecular formula is C35H46ClN7O2. The second-order valence-corrected chi connectivity index (χ2v) is 12.5. The SMILES string of the molecule is CCN(CC)CCCCNc1ncc2cc(-c3ccccc3Cl)c(=O)n(CCC3CCCN(C(=O)/C(C#N)=C\C(C)C)C3)c2n1. The summed E-state index contributed by atoms with van der Waals surface area (Å²) in [5.74, 6) is 0.598. The van der Waals surface area contributed by atoms with Gasteiger partial charge in [-0.1, -0.05) is 63.6 Å². The van der Waals surface area contributed by atoms with E-state index < -0.39 is 0 Å². The molecule has 1 saturated heterocycles. The van der Waals surface area contributed by atoms with Gasteiger partial charge in [-0.25, -0.2) is 4.98 Å².